The molecule has 0 saturated carbocycles. The third-order valence-corrected chi connectivity index (χ3v) is 5.57. The maximum absolute atomic E-state index is 11.9. The van der Waals surface area contributed by atoms with Gasteiger partial charge in [0, 0.05) is 12.8 Å². The van der Waals surface area contributed by atoms with Gasteiger partial charge in [-0.05, 0) is 53.2 Å². The normalized spacial score (nSPS) is 12.0. The summed E-state index contributed by atoms with van der Waals surface area (Å²) in [4.78, 5) is 3.33. The number of H-pyrrole nitrogens is 1. The van der Waals surface area contributed by atoms with Crippen LogP contribution in [0.15, 0.2) is 39.9 Å². The van der Waals surface area contributed by atoms with Gasteiger partial charge in [0.2, 0.25) is 0 Å². The van der Waals surface area contributed by atoms with Crippen LogP contribution in [0.5, 0.6) is 0 Å². The fourth-order valence-corrected chi connectivity index (χ4v) is 4.21. The second-order valence-electron chi connectivity index (χ2n) is 4.89. The number of aromatic amines is 1. The number of hydrogen-bond donors (Lipinski definition) is 1. The zero-order valence-electron chi connectivity index (χ0n) is 11.4. The Morgan fingerprint density at radius 2 is 2.14 bits per heavy atom. The van der Waals surface area contributed by atoms with Crippen LogP contribution in [0, 0.1) is 4.77 Å². The Bertz CT molecular complexity index is 934. The summed E-state index contributed by atoms with van der Waals surface area (Å²) < 4.78 is 26.2. The van der Waals surface area contributed by atoms with E-state index in [0.717, 1.165) is 18.5 Å². The number of rotatable bonds is 4. The van der Waals surface area contributed by atoms with Crippen molar-refractivity contribution in [1.29, 1.82) is 0 Å². The molecule has 0 spiro atoms. The van der Waals surface area contributed by atoms with Gasteiger partial charge in [-0.1, -0.05) is 6.07 Å². The fraction of sp³-hybridized carbons (Fsp3) is 0.214. The minimum Gasteiger partial charge on any atom is -0.329 e. The van der Waals surface area contributed by atoms with Crippen molar-refractivity contribution in [2.45, 2.75) is 17.9 Å². The number of thiophene rings is 1. The van der Waals surface area contributed by atoms with Crippen LogP contribution in [-0.4, -0.2) is 24.2 Å². The maximum atomic E-state index is 11.9. The van der Waals surface area contributed by atoms with Crippen molar-refractivity contribution in [2.75, 3.05) is 6.26 Å². The minimum atomic E-state index is -3.28. The first kappa shape index (κ1) is 14.5. The summed E-state index contributed by atoms with van der Waals surface area (Å²) in [5.74, 6) is 0. The number of imidazole rings is 1. The molecular formula is C14H14N2O2S3. The quantitative estimate of drug-likeness (QED) is 0.742. The predicted octanol–water partition coefficient (Wildman–Crippen LogP) is 3.41. The molecule has 0 bridgehead atoms. The van der Waals surface area contributed by atoms with E-state index < -0.39 is 9.84 Å². The van der Waals surface area contributed by atoms with Gasteiger partial charge in [-0.25, -0.2) is 8.42 Å². The summed E-state index contributed by atoms with van der Waals surface area (Å²) in [6, 6.07) is 7.34. The van der Waals surface area contributed by atoms with E-state index in [0.29, 0.717) is 15.2 Å². The van der Waals surface area contributed by atoms with Crippen LogP contribution in [-0.2, 0) is 22.8 Å². The molecule has 7 heteroatoms. The van der Waals surface area contributed by atoms with E-state index in [1.54, 1.807) is 23.5 Å². The second-order valence-corrected chi connectivity index (χ2v) is 8.04. The molecule has 0 unspecified atom stereocenters. The first-order valence-electron chi connectivity index (χ1n) is 6.39. The van der Waals surface area contributed by atoms with Crippen LogP contribution in [0.4, 0.5) is 0 Å². The van der Waals surface area contributed by atoms with Crippen molar-refractivity contribution in [3.63, 3.8) is 0 Å². The number of sulfone groups is 1. The van der Waals surface area contributed by atoms with Crippen LogP contribution in [0.3, 0.4) is 0 Å². The topological polar surface area (TPSA) is 54.9 Å². The standard InChI is InChI=1S/C14H14N2O2S3/c1-21(17,18)12-4-2-3-11-13(12)15-14(19)16(11)7-5-10-6-8-20-9-10/h2-4,6,8-9H,5,7H2,1H3,(H,15,19). The lowest BCUT2D eigenvalue weighted by molar-refractivity contribution is 0.602. The van der Waals surface area contributed by atoms with E-state index in [-0.39, 0.29) is 0 Å². The minimum absolute atomic E-state index is 0.292. The number of aromatic nitrogens is 2. The molecular weight excluding hydrogens is 324 g/mol. The Labute approximate surface area is 132 Å². The van der Waals surface area contributed by atoms with Gasteiger partial charge in [-0.3, -0.25) is 0 Å². The van der Waals surface area contributed by atoms with E-state index in [4.69, 9.17) is 12.2 Å². The zero-order chi connectivity index (χ0) is 15.0. The highest BCUT2D eigenvalue weighted by Gasteiger charge is 2.15. The average Bonchev–Trinajstić information content (AvgIpc) is 3.01. The Hall–Kier alpha value is -1.44. The van der Waals surface area contributed by atoms with Gasteiger partial charge in [-0.2, -0.15) is 11.3 Å². The Balaban J connectivity index is 2.08. The van der Waals surface area contributed by atoms with E-state index >= 15 is 0 Å². The summed E-state index contributed by atoms with van der Waals surface area (Å²) in [5, 5.41) is 4.16. The molecule has 3 aromatic rings. The molecule has 0 aliphatic heterocycles. The SMILES string of the molecule is CS(=O)(=O)c1cccc2c1[nH]c(=S)n2CCc1ccsc1. The molecule has 0 atom stereocenters. The smallest absolute Gasteiger partial charge is 0.178 e. The molecule has 0 saturated heterocycles. The number of nitrogens with zero attached hydrogens (tertiary/aromatic N) is 1. The summed E-state index contributed by atoms with van der Waals surface area (Å²) >= 11 is 7.01. The molecule has 3 rings (SSSR count). The summed E-state index contributed by atoms with van der Waals surface area (Å²) in [6.07, 6.45) is 2.08. The average molecular weight is 338 g/mol. The van der Waals surface area contributed by atoms with Gasteiger partial charge in [0.25, 0.3) is 0 Å². The molecule has 110 valence electrons. The number of aryl methyl sites for hydroxylation is 2. The van der Waals surface area contributed by atoms with Crippen molar-refractivity contribution < 1.29 is 8.42 Å². The number of nitrogens with one attached hydrogen (secondary N) is 1. The van der Waals surface area contributed by atoms with Crippen molar-refractivity contribution in [1.82, 2.24) is 9.55 Å². The van der Waals surface area contributed by atoms with E-state index in [1.807, 2.05) is 16.0 Å². The number of fused-ring (bicyclic) bond motifs is 1. The van der Waals surface area contributed by atoms with E-state index in [9.17, 15) is 8.42 Å². The molecule has 0 aliphatic rings. The first-order chi connectivity index (χ1) is 9.97. The molecule has 0 aliphatic carbocycles. The third-order valence-electron chi connectivity index (χ3n) is 3.38. The summed E-state index contributed by atoms with van der Waals surface area (Å²) in [7, 11) is -3.28. The predicted molar refractivity (Wildman–Crippen MR) is 88.3 cm³/mol. The summed E-state index contributed by atoms with van der Waals surface area (Å²) in [6.45, 7) is 0.725. The molecule has 2 heterocycles. The van der Waals surface area contributed by atoms with Gasteiger partial charge >= 0.3 is 0 Å². The van der Waals surface area contributed by atoms with Crippen molar-refractivity contribution in [3.05, 3.63) is 45.4 Å². The second kappa shape index (κ2) is 5.40. The van der Waals surface area contributed by atoms with Crippen molar-refractivity contribution in [3.8, 4) is 0 Å². The van der Waals surface area contributed by atoms with Crippen molar-refractivity contribution >= 4 is 44.4 Å². The highest BCUT2D eigenvalue weighted by molar-refractivity contribution is 7.91. The van der Waals surface area contributed by atoms with E-state index in [1.165, 1.54) is 11.8 Å². The lowest BCUT2D eigenvalue weighted by Gasteiger charge is -2.04. The van der Waals surface area contributed by atoms with Crippen LogP contribution in [0.1, 0.15) is 5.56 Å². The molecule has 4 nitrogen and oxygen atoms in total. The van der Waals surface area contributed by atoms with Gasteiger partial charge < -0.3 is 9.55 Å². The fourth-order valence-electron chi connectivity index (χ4n) is 2.36. The van der Waals surface area contributed by atoms with Crippen LogP contribution in [0.2, 0.25) is 0 Å². The highest BCUT2D eigenvalue weighted by Crippen LogP contribution is 2.23. The van der Waals surface area contributed by atoms with Crippen LogP contribution in [0.25, 0.3) is 11.0 Å². The van der Waals surface area contributed by atoms with E-state index in [2.05, 4.69) is 16.4 Å². The largest absolute Gasteiger partial charge is 0.329 e. The third kappa shape index (κ3) is 2.81. The number of hydrogen-bond acceptors (Lipinski definition) is 4. The highest BCUT2D eigenvalue weighted by atomic mass is 32.2. The zero-order valence-corrected chi connectivity index (χ0v) is 13.8. The van der Waals surface area contributed by atoms with Gasteiger partial charge in [0.1, 0.15) is 0 Å². The molecule has 0 amide bonds. The molecule has 0 fully saturated rings. The Kier molecular flexibility index (Phi) is 3.73. The van der Waals surface area contributed by atoms with Gasteiger partial charge in [0.15, 0.2) is 14.6 Å². The Morgan fingerprint density at radius 1 is 1.33 bits per heavy atom. The lowest BCUT2D eigenvalue weighted by atomic mass is 10.2. The monoisotopic (exact) mass is 338 g/mol. The number of benzene rings is 1. The van der Waals surface area contributed by atoms with Crippen LogP contribution < -0.4 is 0 Å². The molecule has 1 aromatic carbocycles. The summed E-state index contributed by atoms with van der Waals surface area (Å²) in [5.41, 5.74) is 2.68. The van der Waals surface area contributed by atoms with Gasteiger partial charge in [0.05, 0.1) is 15.9 Å². The molecule has 1 N–H and O–H groups in total. The molecule has 0 radical (unpaired) electrons. The maximum Gasteiger partial charge on any atom is 0.178 e. The lowest BCUT2D eigenvalue weighted by Crippen LogP contribution is -2.01. The van der Waals surface area contributed by atoms with Crippen LogP contribution >= 0.6 is 23.6 Å². The molecule has 2 aromatic heterocycles. The number of para-hydroxylation sites is 1. The Morgan fingerprint density at radius 3 is 2.81 bits per heavy atom. The first-order valence-corrected chi connectivity index (χ1v) is 9.64. The van der Waals surface area contributed by atoms with Gasteiger partial charge in [-0.15, -0.1) is 0 Å². The van der Waals surface area contributed by atoms with Crippen molar-refractivity contribution in [2.24, 2.45) is 0 Å². The molecule has 21 heavy (non-hydrogen) atoms.